The van der Waals surface area contributed by atoms with E-state index in [0.717, 1.165) is 29.4 Å². The van der Waals surface area contributed by atoms with Crippen molar-refractivity contribution in [2.75, 3.05) is 20.2 Å². The first-order valence-electron chi connectivity index (χ1n) is 5.78. The topological polar surface area (TPSA) is 34.1 Å². The number of nitrogens with one attached hydrogen (secondary N) is 1. The van der Waals surface area contributed by atoms with E-state index in [0.29, 0.717) is 5.92 Å². The van der Waals surface area contributed by atoms with Crippen LogP contribution in [0, 0.1) is 5.82 Å². The van der Waals surface area contributed by atoms with Crippen molar-refractivity contribution in [1.29, 1.82) is 0 Å². The molecule has 0 radical (unpaired) electrons. The van der Waals surface area contributed by atoms with E-state index in [4.69, 9.17) is 4.74 Å². The molecule has 0 aliphatic carbocycles. The van der Waals surface area contributed by atoms with Crippen LogP contribution in [0.1, 0.15) is 11.6 Å². The standard InChI is InChI=1S/C13H13FN2OS/c1-17-12-3-2-8(4-10(12)14)13-16-11(7-18-13)9-5-15-6-9/h2-4,7,9,15H,5-6H2,1H3. The lowest BCUT2D eigenvalue weighted by atomic mass is 10.0. The fraction of sp³-hybridized carbons (Fsp3) is 0.308. The molecule has 1 aromatic carbocycles. The Balaban J connectivity index is 1.89. The second-order valence-electron chi connectivity index (χ2n) is 4.28. The van der Waals surface area contributed by atoms with Crippen molar-refractivity contribution in [2.45, 2.75) is 5.92 Å². The molecule has 0 saturated carbocycles. The van der Waals surface area contributed by atoms with Gasteiger partial charge in [0.25, 0.3) is 0 Å². The Morgan fingerprint density at radius 1 is 1.44 bits per heavy atom. The van der Waals surface area contributed by atoms with E-state index < -0.39 is 0 Å². The van der Waals surface area contributed by atoms with Gasteiger partial charge in [0.1, 0.15) is 5.01 Å². The van der Waals surface area contributed by atoms with Crippen LogP contribution in [0.3, 0.4) is 0 Å². The summed E-state index contributed by atoms with van der Waals surface area (Å²) in [6.07, 6.45) is 0. The molecule has 1 aliphatic heterocycles. The molecule has 0 amide bonds. The van der Waals surface area contributed by atoms with Crippen molar-refractivity contribution in [3.05, 3.63) is 35.1 Å². The summed E-state index contributed by atoms with van der Waals surface area (Å²) >= 11 is 1.56. The summed E-state index contributed by atoms with van der Waals surface area (Å²) in [5.74, 6) is 0.425. The SMILES string of the molecule is COc1ccc(-c2nc(C3CNC3)cs2)cc1F. The third-order valence-corrected chi connectivity index (χ3v) is 4.03. The number of methoxy groups -OCH3 is 1. The van der Waals surface area contributed by atoms with Gasteiger partial charge in [-0.1, -0.05) is 0 Å². The molecule has 0 atom stereocenters. The number of rotatable bonds is 3. The van der Waals surface area contributed by atoms with Crippen LogP contribution in [0.25, 0.3) is 10.6 Å². The van der Waals surface area contributed by atoms with E-state index in [-0.39, 0.29) is 11.6 Å². The van der Waals surface area contributed by atoms with E-state index in [1.807, 2.05) is 6.07 Å². The molecule has 94 valence electrons. The summed E-state index contributed by atoms with van der Waals surface area (Å²) in [5.41, 5.74) is 1.90. The van der Waals surface area contributed by atoms with Gasteiger partial charge in [0, 0.05) is 30.0 Å². The number of aromatic nitrogens is 1. The zero-order valence-electron chi connectivity index (χ0n) is 9.94. The molecule has 3 rings (SSSR count). The van der Waals surface area contributed by atoms with Gasteiger partial charge in [0.15, 0.2) is 11.6 Å². The highest BCUT2D eigenvalue weighted by Crippen LogP contribution is 2.30. The average molecular weight is 264 g/mol. The molecule has 1 N–H and O–H groups in total. The molecular weight excluding hydrogens is 251 g/mol. The predicted octanol–water partition coefficient (Wildman–Crippen LogP) is 2.64. The lowest BCUT2D eigenvalue weighted by Gasteiger charge is -2.25. The molecule has 0 unspecified atom stereocenters. The second-order valence-corrected chi connectivity index (χ2v) is 5.14. The first kappa shape index (κ1) is 11.6. The summed E-state index contributed by atoms with van der Waals surface area (Å²) in [4.78, 5) is 4.57. The number of nitrogens with zero attached hydrogens (tertiary/aromatic N) is 1. The minimum Gasteiger partial charge on any atom is -0.494 e. The van der Waals surface area contributed by atoms with E-state index in [9.17, 15) is 4.39 Å². The average Bonchev–Trinajstić information content (AvgIpc) is 2.76. The molecule has 0 spiro atoms. The van der Waals surface area contributed by atoms with Crippen molar-refractivity contribution < 1.29 is 9.13 Å². The van der Waals surface area contributed by atoms with Gasteiger partial charge in [0.05, 0.1) is 12.8 Å². The predicted molar refractivity (Wildman–Crippen MR) is 69.7 cm³/mol. The quantitative estimate of drug-likeness (QED) is 0.925. The molecule has 2 aromatic rings. The van der Waals surface area contributed by atoms with Crippen molar-refractivity contribution >= 4 is 11.3 Å². The fourth-order valence-electron chi connectivity index (χ4n) is 1.90. The van der Waals surface area contributed by atoms with Crippen LogP contribution >= 0.6 is 11.3 Å². The van der Waals surface area contributed by atoms with E-state index in [1.54, 1.807) is 17.4 Å². The van der Waals surface area contributed by atoms with Gasteiger partial charge in [-0.3, -0.25) is 0 Å². The van der Waals surface area contributed by atoms with Crippen LogP contribution in [-0.4, -0.2) is 25.2 Å². The Bertz CT molecular complexity index is 566. The number of ether oxygens (including phenoxy) is 1. The Hall–Kier alpha value is -1.46. The van der Waals surface area contributed by atoms with Gasteiger partial charge in [-0.15, -0.1) is 11.3 Å². The fourth-order valence-corrected chi connectivity index (χ4v) is 2.80. The van der Waals surface area contributed by atoms with Gasteiger partial charge in [-0.05, 0) is 18.2 Å². The summed E-state index contributed by atoms with van der Waals surface area (Å²) in [6.45, 7) is 1.97. The van der Waals surface area contributed by atoms with Crippen LogP contribution < -0.4 is 10.1 Å². The Kier molecular flexibility index (Phi) is 3.01. The van der Waals surface area contributed by atoms with Crippen LogP contribution in [0.15, 0.2) is 23.6 Å². The molecular formula is C13H13FN2OS. The minimum absolute atomic E-state index is 0.263. The monoisotopic (exact) mass is 264 g/mol. The number of benzene rings is 1. The molecule has 5 heteroatoms. The van der Waals surface area contributed by atoms with Gasteiger partial charge in [0.2, 0.25) is 0 Å². The molecule has 0 bridgehead atoms. The van der Waals surface area contributed by atoms with Crippen LogP contribution in [-0.2, 0) is 0 Å². The molecule has 1 saturated heterocycles. The van der Waals surface area contributed by atoms with E-state index in [1.165, 1.54) is 13.2 Å². The Morgan fingerprint density at radius 2 is 2.28 bits per heavy atom. The highest BCUT2D eigenvalue weighted by atomic mass is 32.1. The van der Waals surface area contributed by atoms with Crippen LogP contribution in [0.5, 0.6) is 5.75 Å². The minimum atomic E-state index is -0.350. The number of thiazole rings is 1. The van der Waals surface area contributed by atoms with E-state index >= 15 is 0 Å². The maximum atomic E-state index is 13.6. The molecule has 1 aliphatic rings. The third kappa shape index (κ3) is 2.00. The first-order chi connectivity index (χ1) is 8.78. The summed E-state index contributed by atoms with van der Waals surface area (Å²) < 4.78 is 18.5. The smallest absolute Gasteiger partial charge is 0.165 e. The highest BCUT2D eigenvalue weighted by Gasteiger charge is 2.21. The number of halogens is 1. The highest BCUT2D eigenvalue weighted by molar-refractivity contribution is 7.13. The van der Waals surface area contributed by atoms with Gasteiger partial charge in [-0.25, -0.2) is 9.37 Å². The maximum Gasteiger partial charge on any atom is 0.165 e. The van der Waals surface area contributed by atoms with Crippen LogP contribution in [0.2, 0.25) is 0 Å². The van der Waals surface area contributed by atoms with Gasteiger partial charge in [-0.2, -0.15) is 0 Å². The molecule has 3 nitrogen and oxygen atoms in total. The van der Waals surface area contributed by atoms with E-state index in [2.05, 4.69) is 15.7 Å². The van der Waals surface area contributed by atoms with Crippen molar-refractivity contribution in [2.24, 2.45) is 0 Å². The molecule has 1 fully saturated rings. The summed E-state index contributed by atoms with van der Waals surface area (Å²) in [7, 11) is 1.46. The summed E-state index contributed by atoms with van der Waals surface area (Å²) in [5, 5.41) is 6.14. The normalized spacial score (nSPS) is 15.4. The zero-order chi connectivity index (χ0) is 12.5. The largest absolute Gasteiger partial charge is 0.494 e. The van der Waals surface area contributed by atoms with Gasteiger partial charge >= 0.3 is 0 Å². The van der Waals surface area contributed by atoms with Crippen molar-refractivity contribution in [3.8, 4) is 16.3 Å². The third-order valence-electron chi connectivity index (χ3n) is 3.12. The van der Waals surface area contributed by atoms with Crippen LogP contribution in [0.4, 0.5) is 4.39 Å². The first-order valence-corrected chi connectivity index (χ1v) is 6.66. The number of hydrogen-bond donors (Lipinski definition) is 1. The maximum absolute atomic E-state index is 13.6. The lowest BCUT2D eigenvalue weighted by Crippen LogP contribution is -2.40. The lowest BCUT2D eigenvalue weighted by molar-refractivity contribution is 0.386. The Morgan fingerprint density at radius 3 is 2.89 bits per heavy atom. The molecule has 2 heterocycles. The van der Waals surface area contributed by atoms with Gasteiger partial charge < -0.3 is 10.1 Å². The zero-order valence-corrected chi connectivity index (χ0v) is 10.8. The Labute approximate surface area is 109 Å². The molecule has 1 aromatic heterocycles. The summed E-state index contributed by atoms with van der Waals surface area (Å²) in [6, 6.07) is 4.95. The molecule has 18 heavy (non-hydrogen) atoms. The van der Waals surface area contributed by atoms with Crippen molar-refractivity contribution in [3.63, 3.8) is 0 Å². The second kappa shape index (κ2) is 4.66. The number of hydrogen-bond acceptors (Lipinski definition) is 4. The van der Waals surface area contributed by atoms with Crippen molar-refractivity contribution in [1.82, 2.24) is 10.3 Å².